The van der Waals surface area contributed by atoms with Crippen molar-refractivity contribution in [2.45, 2.75) is 6.42 Å². The number of hydrogen-bond donors (Lipinski definition) is 1. The smallest absolute Gasteiger partial charge is 0.257 e. The quantitative estimate of drug-likeness (QED) is 0.807. The minimum Gasteiger partial charge on any atom is -0.396 e. The summed E-state index contributed by atoms with van der Waals surface area (Å²) >= 11 is 0. The van der Waals surface area contributed by atoms with Crippen LogP contribution in [0.2, 0.25) is 0 Å². The van der Waals surface area contributed by atoms with E-state index in [0.29, 0.717) is 11.5 Å². The number of likely N-dealkylation sites (N-methyl/N-ethyl adjacent to an activating group) is 1. The lowest BCUT2D eigenvalue weighted by atomic mass is 9.96. The molecule has 2 saturated heterocycles. The van der Waals surface area contributed by atoms with Gasteiger partial charge >= 0.3 is 0 Å². The van der Waals surface area contributed by atoms with Crippen LogP contribution in [0.25, 0.3) is 0 Å². The van der Waals surface area contributed by atoms with E-state index in [1.165, 1.54) is 6.42 Å². The molecule has 0 bridgehead atoms. The summed E-state index contributed by atoms with van der Waals surface area (Å²) in [4.78, 5) is 25.7. The molecule has 2 aliphatic heterocycles. The normalized spacial score (nSPS) is 24.8. The third kappa shape index (κ3) is 4.78. The van der Waals surface area contributed by atoms with Gasteiger partial charge in [0.2, 0.25) is 0 Å². The van der Waals surface area contributed by atoms with Gasteiger partial charge in [-0.15, -0.1) is 0 Å². The number of carbonyl (C=O) groups is 1. The number of pyridine rings is 1. The fourth-order valence-corrected chi connectivity index (χ4v) is 4.20. The Kier molecular flexibility index (Phi) is 6.68. The van der Waals surface area contributed by atoms with Crippen LogP contribution in [0, 0.1) is 11.8 Å². The van der Waals surface area contributed by atoms with Gasteiger partial charge in [-0.2, -0.15) is 0 Å². The molecule has 1 amide bonds. The van der Waals surface area contributed by atoms with Gasteiger partial charge in [-0.3, -0.25) is 4.79 Å². The summed E-state index contributed by atoms with van der Waals surface area (Å²) in [7, 11) is 5.71. The van der Waals surface area contributed by atoms with E-state index < -0.39 is 0 Å². The van der Waals surface area contributed by atoms with Crippen molar-refractivity contribution in [2.75, 3.05) is 78.5 Å². The van der Waals surface area contributed by atoms with Crippen LogP contribution in [0.4, 0.5) is 5.82 Å². The van der Waals surface area contributed by atoms with Crippen molar-refractivity contribution < 1.29 is 9.90 Å². The fourth-order valence-electron chi connectivity index (χ4n) is 4.20. The zero-order valence-electron chi connectivity index (χ0n) is 16.8. The Labute approximate surface area is 162 Å². The van der Waals surface area contributed by atoms with Gasteiger partial charge in [-0.1, -0.05) is 0 Å². The molecule has 7 heteroatoms. The van der Waals surface area contributed by atoms with Gasteiger partial charge < -0.3 is 24.7 Å². The molecular formula is C20H33N5O2. The largest absolute Gasteiger partial charge is 0.396 e. The second-order valence-corrected chi connectivity index (χ2v) is 8.14. The molecule has 1 aromatic heterocycles. The van der Waals surface area contributed by atoms with Crippen LogP contribution in [-0.4, -0.2) is 104 Å². The number of aromatic nitrogens is 1. The summed E-state index contributed by atoms with van der Waals surface area (Å²) in [5.41, 5.74) is 0.635. The van der Waals surface area contributed by atoms with Gasteiger partial charge in [-0.05, 0) is 44.6 Å². The summed E-state index contributed by atoms with van der Waals surface area (Å²) in [5, 5.41) is 9.95. The monoisotopic (exact) mass is 375 g/mol. The molecule has 1 N–H and O–H groups in total. The van der Waals surface area contributed by atoms with E-state index in [-0.39, 0.29) is 18.4 Å². The van der Waals surface area contributed by atoms with Crippen LogP contribution >= 0.6 is 0 Å². The van der Waals surface area contributed by atoms with Crippen LogP contribution in [0.3, 0.4) is 0 Å². The topological polar surface area (TPSA) is 63.2 Å². The number of aliphatic hydroxyl groups excluding tert-OH is 1. The molecule has 7 nitrogen and oxygen atoms in total. The van der Waals surface area contributed by atoms with Crippen molar-refractivity contribution in [3.8, 4) is 0 Å². The highest BCUT2D eigenvalue weighted by Gasteiger charge is 2.35. The molecular weight excluding hydrogens is 342 g/mol. The van der Waals surface area contributed by atoms with Crippen LogP contribution in [0.5, 0.6) is 0 Å². The molecule has 3 rings (SSSR count). The van der Waals surface area contributed by atoms with E-state index in [1.54, 1.807) is 25.2 Å². The average molecular weight is 376 g/mol. The average Bonchev–Trinajstić information content (AvgIpc) is 2.96. The van der Waals surface area contributed by atoms with Crippen molar-refractivity contribution in [3.63, 3.8) is 0 Å². The van der Waals surface area contributed by atoms with E-state index >= 15 is 0 Å². The molecule has 0 aromatic carbocycles. The lowest BCUT2D eigenvalue weighted by Gasteiger charge is -2.26. The van der Waals surface area contributed by atoms with E-state index in [0.717, 1.165) is 51.6 Å². The molecule has 2 fully saturated rings. The summed E-state index contributed by atoms with van der Waals surface area (Å²) in [6, 6.07) is 3.65. The number of rotatable bonds is 5. The highest BCUT2D eigenvalue weighted by atomic mass is 16.3. The second-order valence-electron chi connectivity index (χ2n) is 8.14. The third-order valence-electron chi connectivity index (χ3n) is 5.84. The van der Waals surface area contributed by atoms with Crippen LogP contribution in [-0.2, 0) is 0 Å². The molecule has 2 aliphatic rings. The number of anilines is 1. The Morgan fingerprint density at radius 2 is 2.00 bits per heavy atom. The molecule has 0 saturated carbocycles. The number of nitrogens with zero attached hydrogens (tertiary/aromatic N) is 5. The Balaban J connectivity index is 1.72. The van der Waals surface area contributed by atoms with Crippen LogP contribution in [0.15, 0.2) is 18.3 Å². The molecule has 150 valence electrons. The lowest BCUT2D eigenvalue weighted by Crippen LogP contribution is -2.36. The fraction of sp³-hybridized carbons (Fsp3) is 0.700. The zero-order chi connectivity index (χ0) is 19.4. The first-order valence-corrected chi connectivity index (χ1v) is 9.93. The van der Waals surface area contributed by atoms with E-state index in [4.69, 9.17) is 0 Å². The number of aliphatic hydroxyl groups is 1. The summed E-state index contributed by atoms with van der Waals surface area (Å²) < 4.78 is 0. The summed E-state index contributed by atoms with van der Waals surface area (Å²) in [6.45, 7) is 7.22. The maximum absolute atomic E-state index is 12.5. The van der Waals surface area contributed by atoms with Crippen LogP contribution in [0.1, 0.15) is 16.8 Å². The van der Waals surface area contributed by atoms with Gasteiger partial charge in [-0.25, -0.2) is 4.98 Å². The standard InChI is InChI=1S/C20H33N5O2/c1-22(2)20(27)18-6-4-7-21-19(18)25-13-16(17(14-25)15-26)12-24-9-5-8-23(3)10-11-24/h4,6-7,16-17,26H,5,8-15H2,1-3H3/t16-,17-/m1/s1. The van der Waals surface area contributed by atoms with Crippen molar-refractivity contribution in [2.24, 2.45) is 11.8 Å². The van der Waals surface area contributed by atoms with E-state index in [2.05, 4.69) is 26.7 Å². The Hall–Kier alpha value is -1.70. The first kappa shape index (κ1) is 20.0. The lowest BCUT2D eigenvalue weighted by molar-refractivity contribution is 0.0828. The molecule has 27 heavy (non-hydrogen) atoms. The highest BCUT2D eigenvalue weighted by molar-refractivity contribution is 5.98. The van der Waals surface area contributed by atoms with Gasteiger partial charge in [0.1, 0.15) is 5.82 Å². The van der Waals surface area contributed by atoms with Gasteiger partial charge in [0.25, 0.3) is 5.91 Å². The van der Waals surface area contributed by atoms with Gasteiger partial charge in [0.05, 0.1) is 5.56 Å². The second kappa shape index (κ2) is 8.99. The van der Waals surface area contributed by atoms with Gasteiger partial charge in [0.15, 0.2) is 0 Å². The minimum atomic E-state index is -0.0300. The first-order valence-electron chi connectivity index (χ1n) is 9.93. The summed E-state index contributed by atoms with van der Waals surface area (Å²) in [5.74, 6) is 1.32. The summed E-state index contributed by atoms with van der Waals surface area (Å²) in [6.07, 6.45) is 2.94. The first-order chi connectivity index (χ1) is 13.0. The van der Waals surface area contributed by atoms with Crippen molar-refractivity contribution >= 4 is 11.7 Å². The predicted molar refractivity (Wildman–Crippen MR) is 107 cm³/mol. The SMILES string of the molecule is CN1CCCN(C[C@@H]2CN(c3ncccc3C(=O)N(C)C)C[C@@H]2CO)CC1. The molecule has 1 aromatic rings. The molecule has 0 spiro atoms. The molecule has 0 unspecified atom stereocenters. The molecule has 0 radical (unpaired) electrons. The predicted octanol–water partition coefficient (Wildman–Crippen LogP) is 0.466. The van der Waals surface area contributed by atoms with E-state index in [9.17, 15) is 9.90 Å². The number of amides is 1. The number of carbonyl (C=O) groups excluding carboxylic acids is 1. The van der Waals surface area contributed by atoms with E-state index in [1.807, 2.05) is 12.1 Å². The zero-order valence-corrected chi connectivity index (χ0v) is 16.8. The van der Waals surface area contributed by atoms with Crippen molar-refractivity contribution in [1.82, 2.24) is 19.7 Å². The Morgan fingerprint density at radius 1 is 1.22 bits per heavy atom. The molecule has 3 heterocycles. The number of hydrogen-bond acceptors (Lipinski definition) is 6. The van der Waals surface area contributed by atoms with Crippen molar-refractivity contribution in [3.05, 3.63) is 23.9 Å². The Morgan fingerprint density at radius 3 is 2.74 bits per heavy atom. The minimum absolute atomic E-state index is 0.0300. The highest BCUT2D eigenvalue weighted by Crippen LogP contribution is 2.30. The third-order valence-corrected chi connectivity index (χ3v) is 5.84. The maximum atomic E-state index is 12.5. The van der Waals surface area contributed by atoms with Crippen molar-refractivity contribution in [1.29, 1.82) is 0 Å². The van der Waals surface area contributed by atoms with Crippen LogP contribution < -0.4 is 4.90 Å². The van der Waals surface area contributed by atoms with Gasteiger partial charge in [0, 0.05) is 65.5 Å². The maximum Gasteiger partial charge on any atom is 0.257 e. The Bertz CT molecular complexity index is 639. The molecule has 2 atom stereocenters. The molecule has 0 aliphatic carbocycles.